The molecule has 2 rings (SSSR count). The topological polar surface area (TPSA) is 66.5 Å². The fraction of sp³-hybridized carbons (Fsp3) is 0.316. The van der Waals surface area contributed by atoms with Gasteiger partial charge in [0.2, 0.25) is 15.9 Å². The second-order valence-corrected chi connectivity index (χ2v) is 9.18. The molecule has 2 aromatic rings. The number of rotatable bonds is 6. The minimum Gasteiger partial charge on any atom is -0.348 e. The first-order valence-corrected chi connectivity index (χ1v) is 10.9. The second kappa shape index (κ2) is 8.50. The number of nitrogens with zero attached hydrogens (tertiary/aromatic N) is 1. The molecular formula is C19H22Cl2N2O3S. The third kappa shape index (κ3) is 5.37. The number of nitrogens with one attached hydrogen (secondary N) is 1. The maximum absolute atomic E-state index is 12.6. The zero-order valence-electron chi connectivity index (χ0n) is 15.6. The van der Waals surface area contributed by atoms with Crippen LogP contribution < -0.4 is 9.62 Å². The summed E-state index contributed by atoms with van der Waals surface area (Å²) in [5.41, 5.74) is 3.28. The van der Waals surface area contributed by atoms with Crippen molar-refractivity contribution in [1.29, 1.82) is 0 Å². The van der Waals surface area contributed by atoms with Gasteiger partial charge >= 0.3 is 0 Å². The molecule has 0 spiro atoms. The average Bonchev–Trinajstić information content (AvgIpc) is 2.56. The SMILES string of the molecule is Cc1ccc(C)c([C@H](C)NC(=O)CN(c2cccc(Cl)c2Cl)S(C)(=O)=O)c1. The number of hydrogen-bond donors (Lipinski definition) is 1. The van der Waals surface area contributed by atoms with Crippen LogP contribution in [0.3, 0.4) is 0 Å². The van der Waals surface area contributed by atoms with Crippen LogP contribution in [0.5, 0.6) is 0 Å². The van der Waals surface area contributed by atoms with Gasteiger partial charge in [0.15, 0.2) is 0 Å². The summed E-state index contributed by atoms with van der Waals surface area (Å²) in [6, 6.07) is 10.4. The first-order chi connectivity index (χ1) is 12.5. The van der Waals surface area contributed by atoms with Gasteiger partial charge in [-0.2, -0.15) is 0 Å². The Morgan fingerprint density at radius 2 is 1.85 bits per heavy atom. The van der Waals surface area contributed by atoms with E-state index in [4.69, 9.17) is 23.2 Å². The van der Waals surface area contributed by atoms with Gasteiger partial charge in [-0.05, 0) is 44.0 Å². The molecule has 0 aliphatic rings. The van der Waals surface area contributed by atoms with Crippen molar-refractivity contribution < 1.29 is 13.2 Å². The summed E-state index contributed by atoms with van der Waals surface area (Å²) in [6.07, 6.45) is 1.02. The molecule has 0 fully saturated rings. The van der Waals surface area contributed by atoms with Crippen LogP contribution in [-0.2, 0) is 14.8 Å². The molecule has 0 bridgehead atoms. The molecule has 0 heterocycles. The second-order valence-electron chi connectivity index (χ2n) is 6.49. The summed E-state index contributed by atoms with van der Waals surface area (Å²) in [5, 5.41) is 3.15. The lowest BCUT2D eigenvalue weighted by atomic mass is 10.00. The largest absolute Gasteiger partial charge is 0.348 e. The van der Waals surface area contributed by atoms with E-state index in [1.54, 1.807) is 12.1 Å². The highest BCUT2D eigenvalue weighted by Gasteiger charge is 2.24. The van der Waals surface area contributed by atoms with E-state index in [9.17, 15) is 13.2 Å². The van der Waals surface area contributed by atoms with Gasteiger partial charge in [-0.1, -0.05) is 53.0 Å². The van der Waals surface area contributed by atoms with Gasteiger partial charge in [0, 0.05) is 0 Å². The Morgan fingerprint density at radius 3 is 2.48 bits per heavy atom. The molecule has 0 saturated carbocycles. The van der Waals surface area contributed by atoms with Crippen LogP contribution in [0.1, 0.15) is 29.7 Å². The standard InChI is InChI=1S/C19H22Cl2N2O3S/c1-12-8-9-13(2)15(10-12)14(3)22-18(24)11-23(27(4,25)26)17-7-5-6-16(20)19(17)21/h5-10,14H,11H2,1-4H3,(H,22,24)/t14-/m0/s1. The number of aryl methyl sites for hydroxylation is 2. The summed E-state index contributed by atoms with van der Waals surface area (Å²) >= 11 is 12.1. The van der Waals surface area contributed by atoms with Crippen LogP contribution in [0.4, 0.5) is 5.69 Å². The van der Waals surface area contributed by atoms with Crippen molar-refractivity contribution in [2.75, 3.05) is 17.1 Å². The molecule has 8 heteroatoms. The number of carbonyl (C=O) groups is 1. The first kappa shape index (κ1) is 21.5. The van der Waals surface area contributed by atoms with E-state index in [0.717, 1.165) is 27.3 Å². The molecule has 0 aliphatic heterocycles. The van der Waals surface area contributed by atoms with E-state index in [2.05, 4.69) is 5.32 Å². The minimum atomic E-state index is -3.74. The van der Waals surface area contributed by atoms with E-state index in [0.29, 0.717) is 0 Å². The van der Waals surface area contributed by atoms with Gasteiger partial charge in [-0.3, -0.25) is 9.10 Å². The lowest BCUT2D eigenvalue weighted by Gasteiger charge is -2.25. The van der Waals surface area contributed by atoms with Crippen molar-refractivity contribution >= 4 is 44.8 Å². The number of benzene rings is 2. The van der Waals surface area contributed by atoms with Crippen LogP contribution in [0.25, 0.3) is 0 Å². The van der Waals surface area contributed by atoms with Crippen LogP contribution >= 0.6 is 23.2 Å². The number of carbonyl (C=O) groups excluding carboxylic acids is 1. The smallest absolute Gasteiger partial charge is 0.241 e. The number of halogens is 2. The van der Waals surface area contributed by atoms with E-state index in [1.807, 2.05) is 39.0 Å². The minimum absolute atomic E-state index is 0.0833. The van der Waals surface area contributed by atoms with E-state index in [-0.39, 0.29) is 21.8 Å². The van der Waals surface area contributed by atoms with Crippen molar-refractivity contribution in [1.82, 2.24) is 5.32 Å². The van der Waals surface area contributed by atoms with E-state index >= 15 is 0 Å². The third-order valence-corrected chi connectivity index (χ3v) is 6.10. The fourth-order valence-electron chi connectivity index (χ4n) is 2.79. The molecule has 1 atom stereocenters. The van der Waals surface area contributed by atoms with Crippen LogP contribution in [-0.4, -0.2) is 27.1 Å². The van der Waals surface area contributed by atoms with E-state index < -0.39 is 22.5 Å². The van der Waals surface area contributed by atoms with Crippen LogP contribution in [0, 0.1) is 13.8 Å². The summed E-state index contributed by atoms with van der Waals surface area (Å²) in [6.45, 7) is 5.40. The van der Waals surface area contributed by atoms with Gasteiger partial charge in [-0.15, -0.1) is 0 Å². The lowest BCUT2D eigenvalue weighted by Crippen LogP contribution is -2.41. The predicted octanol–water partition coefficient (Wildman–Crippen LogP) is 4.25. The Balaban J connectivity index is 2.24. The molecule has 27 heavy (non-hydrogen) atoms. The van der Waals surface area contributed by atoms with Crippen molar-refractivity contribution in [2.24, 2.45) is 0 Å². The highest BCUT2D eigenvalue weighted by atomic mass is 35.5. The number of amides is 1. The quantitative estimate of drug-likeness (QED) is 0.747. The van der Waals surface area contributed by atoms with Gasteiger partial charge in [0.05, 0.1) is 28.0 Å². The van der Waals surface area contributed by atoms with Gasteiger partial charge in [-0.25, -0.2) is 8.42 Å². The fourth-order valence-corrected chi connectivity index (χ4v) is 4.10. The molecule has 0 radical (unpaired) electrons. The lowest BCUT2D eigenvalue weighted by molar-refractivity contribution is -0.120. The molecular weight excluding hydrogens is 407 g/mol. The number of hydrogen-bond acceptors (Lipinski definition) is 3. The molecule has 1 N–H and O–H groups in total. The summed E-state index contributed by atoms with van der Waals surface area (Å²) in [4.78, 5) is 12.6. The third-order valence-electron chi connectivity index (χ3n) is 4.17. The Bertz CT molecular complexity index is 961. The Hall–Kier alpha value is -1.76. The van der Waals surface area contributed by atoms with E-state index in [1.165, 1.54) is 6.07 Å². The van der Waals surface area contributed by atoms with Gasteiger partial charge in [0.1, 0.15) is 6.54 Å². The maximum Gasteiger partial charge on any atom is 0.241 e. The molecule has 5 nitrogen and oxygen atoms in total. The van der Waals surface area contributed by atoms with Gasteiger partial charge in [0.25, 0.3) is 0 Å². The van der Waals surface area contributed by atoms with Gasteiger partial charge < -0.3 is 5.32 Å². The van der Waals surface area contributed by atoms with Crippen molar-refractivity contribution in [3.63, 3.8) is 0 Å². The molecule has 2 aromatic carbocycles. The predicted molar refractivity (Wildman–Crippen MR) is 111 cm³/mol. The molecule has 0 aromatic heterocycles. The van der Waals surface area contributed by atoms with Crippen molar-refractivity contribution in [3.05, 3.63) is 63.1 Å². The van der Waals surface area contributed by atoms with Crippen molar-refractivity contribution in [2.45, 2.75) is 26.8 Å². The van der Waals surface area contributed by atoms with Crippen molar-refractivity contribution in [3.8, 4) is 0 Å². The summed E-state index contributed by atoms with van der Waals surface area (Å²) in [5.74, 6) is -0.440. The van der Waals surface area contributed by atoms with Crippen LogP contribution in [0.2, 0.25) is 10.0 Å². The maximum atomic E-state index is 12.6. The first-order valence-electron chi connectivity index (χ1n) is 8.29. The Kier molecular flexibility index (Phi) is 6.78. The monoisotopic (exact) mass is 428 g/mol. The zero-order chi connectivity index (χ0) is 20.4. The number of sulfonamides is 1. The molecule has 0 unspecified atom stereocenters. The highest BCUT2D eigenvalue weighted by molar-refractivity contribution is 7.92. The molecule has 146 valence electrons. The summed E-state index contributed by atoms with van der Waals surface area (Å²) in [7, 11) is -3.74. The molecule has 0 aliphatic carbocycles. The normalized spacial score (nSPS) is 12.5. The zero-order valence-corrected chi connectivity index (χ0v) is 17.9. The highest BCUT2D eigenvalue weighted by Crippen LogP contribution is 2.33. The molecule has 0 saturated heterocycles. The average molecular weight is 429 g/mol. The Labute approximate surface area is 170 Å². The molecule has 1 amide bonds. The Morgan fingerprint density at radius 1 is 1.19 bits per heavy atom. The van der Waals surface area contributed by atoms with Crippen LogP contribution in [0.15, 0.2) is 36.4 Å². The summed E-state index contributed by atoms with van der Waals surface area (Å²) < 4.78 is 25.4. The number of anilines is 1.